The molecule has 2 aromatic rings. The van der Waals surface area contributed by atoms with Crippen molar-refractivity contribution in [3.63, 3.8) is 0 Å². The van der Waals surface area contributed by atoms with Crippen LogP contribution in [-0.2, 0) is 13.0 Å². The minimum atomic E-state index is 0.305. The third-order valence-corrected chi connectivity index (χ3v) is 4.30. The van der Waals surface area contributed by atoms with Gasteiger partial charge in [-0.25, -0.2) is 0 Å². The second kappa shape index (κ2) is 6.00. The van der Waals surface area contributed by atoms with E-state index >= 15 is 0 Å². The van der Waals surface area contributed by atoms with Gasteiger partial charge in [-0.05, 0) is 37.5 Å². The SMILES string of the molecule is CC(C)n1ccc(CN2CCc3ccccc3C2CN)n1. The van der Waals surface area contributed by atoms with E-state index in [4.69, 9.17) is 5.73 Å². The molecule has 0 amide bonds. The minimum Gasteiger partial charge on any atom is -0.329 e. The highest BCUT2D eigenvalue weighted by Gasteiger charge is 2.26. The van der Waals surface area contributed by atoms with Crippen molar-refractivity contribution in [1.82, 2.24) is 14.7 Å². The summed E-state index contributed by atoms with van der Waals surface area (Å²) in [5, 5.41) is 4.66. The summed E-state index contributed by atoms with van der Waals surface area (Å²) in [5.41, 5.74) is 10.0. The molecule has 4 nitrogen and oxygen atoms in total. The molecule has 0 bridgehead atoms. The van der Waals surface area contributed by atoms with E-state index in [0.717, 1.165) is 25.2 Å². The quantitative estimate of drug-likeness (QED) is 0.938. The number of benzene rings is 1. The summed E-state index contributed by atoms with van der Waals surface area (Å²) in [5.74, 6) is 0. The van der Waals surface area contributed by atoms with Crippen LogP contribution >= 0.6 is 0 Å². The van der Waals surface area contributed by atoms with Crippen molar-refractivity contribution < 1.29 is 0 Å². The third-order valence-electron chi connectivity index (χ3n) is 4.30. The predicted octanol–water partition coefficient (Wildman–Crippen LogP) is 2.52. The lowest BCUT2D eigenvalue weighted by Crippen LogP contribution is -2.38. The van der Waals surface area contributed by atoms with Gasteiger partial charge in [0.1, 0.15) is 0 Å². The van der Waals surface area contributed by atoms with E-state index in [9.17, 15) is 0 Å². The molecular formula is C17H24N4. The Morgan fingerprint density at radius 1 is 1.29 bits per heavy atom. The highest BCUT2D eigenvalue weighted by atomic mass is 15.3. The fraction of sp³-hybridized carbons (Fsp3) is 0.471. The largest absolute Gasteiger partial charge is 0.329 e. The van der Waals surface area contributed by atoms with E-state index < -0.39 is 0 Å². The molecule has 0 fully saturated rings. The van der Waals surface area contributed by atoms with Gasteiger partial charge in [0.15, 0.2) is 0 Å². The lowest BCUT2D eigenvalue weighted by molar-refractivity contribution is 0.178. The van der Waals surface area contributed by atoms with Crippen molar-refractivity contribution in [2.75, 3.05) is 13.1 Å². The van der Waals surface area contributed by atoms with Crippen molar-refractivity contribution >= 4 is 0 Å². The molecule has 1 aliphatic rings. The van der Waals surface area contributed by atoms with Crippen LogP contribution in [0.4, 0.5) is 0 Å². The van der Waals surface area contributed by atoms with Gasteiger partial charge in [-0.2, -0.15) is 5.10 Å². The number of aromatic nitrogens is 2. The van der Waals surface area contributed by atoms with Crippen LogP contribution in [0.2, 0.25) is 0 Å². The van der Waals surface area contributed by atoms with Crippen molar-refractivity contribution in [1.29, 1.82) is 0 Å². The molecule has 3 rings (SSSR count). The predicted molar refractivity (Wildman–Crippen MR) is 85.0 cm³/mol. The van der Waals surface area contributed by atoms with Crippen molar-refractivity contribution in [3.8, 4) is 0 Å². The first kappa shape index (κ1) is 14.3. The van der Waals surface area contributed by atoms with Gasteiger partial charge in [-0.3, -0.25) is 9.58 Å². The van der Waals surface area contributed by atoms with Crippen LogP contribution in [0.1, 0.15) is 42.8 Å². The number of hydrogen-bond acceptors (Lipinski definition) is 3. The first-order valence-corrected chi connectivity index (χ1v) is 7.75. The summed E-state index contributed by atoms with van der Waals surface area (Å²) in [7, 11) is 0. The van der Waals surface area contributed by atoms with Gasteiger partial charge in [0, 0.05) is 37.9 Å². The molecule has 1 aromatic heterocycles. The van der Waals surface area contributed by atoms with Gasteiger partial charge >= 0.3 is 0 Å². The second-order valence-electron chi connectivity index (χ2n) is 6.05. The molecular weight excluding hydrogens is 260 g/mol. The Hall–Kier alpha value is -1.65. The van der Waals surface area contributed by atoms with E-state index in [-0.39, 0.29) is 0 Å². The van der Waals surface area contributed by atoms with E-state index in [1.807, 2.05) is 4.68 Å². The Bertz CT molecular complexity index is 602. The van der Waals surface area contributed by atoms with Gasteiger partial charge in [-0.15, -0.1) is 0 Å². The van der Waals surface area contributed by atoms with Crippen LogP contribution in [0, 0.1) is 0 Å². The normalized spacial score (nSPS) is 19.0. The van der Waals surface area contributed by atoms with Crippen molar-refractivity contribution in [2.45, 2.75) is 38.9 Å². The maximum Gasteiger partial charge on any atom is 0.0765 e. The number of fused-ring (bicyclic) bond motifs is 1. The van der Waals surface area contributed by atoms with Crippen molar-refractivity contribution in [2.24, 2.45) is 5.73 Å². The summed E-state index contributed by atoms with van der Waals surface area (Å²) in [6, 6.07) is 11.5. The molecule has 0 radical (unpaired) electrons. The van der Waals surface area contributed by atoms with Gasteiger partial charge in [0.25, 0.3) is 0 Å². The fourth-order valence-corrected chi connectivity index (χ4v) is 3.13. The lowest BCUT2D eigenvalue weighted by atomic mass is 9.92. The summed E-state index contributed by atoms with van der Waals surface area (Å²) in [6.07, 6.45) is 3.16. The maximum absolute atomic E-state index is 6.05. The zero-order chi connectivity index (χ0) is 14.8. The molecule has 1 atom stereocenters. The zero-order valence-corrected chi connectivity index (χ0v) is 12.9. The summed E-state index contributed by atoms with van der Waals surface area (Å²) < 4.78 is 2.02. The Morgan fingerprint density at radius 3 is 2.81 bits per heavy atom. The van der Waals surface area contributed by atoms with Crippen LogP contribution in [0.15, 0.2) is 36.5 Å². The molecule has 0 saturated carbocycles. The summed E-state index contributed by atoms with van der Waals surface area (Å²) >= 11 is 0. The first-order valence-electron chi connectivity index (χ1n) is 7.75. The molecule has 0 saturated heterocycles. The minimum absolute atomic E-state index is 0.305. The van der Waals surface area contributed by atoms with Crippen LogP contribution < -0.4 is 5.73 Å². The average Bonchev–Trinajstić information content (AvgIpc) is 2.96. The van der Waals surface area contributed by atoms with Crippen LogP contribution in [-0.4, -0.2) is 27.8 Å². The van der Waals surface area contributed by atoms with E-state index in [1.54, 1.807) is 0 Å². The average molecular weight is 284 g/mol. The van der Waals surface area contributed by atoms with Crippen LogP contribution in [0.25, 0.3) is 0 Å². The number of rotatable bonds is 4. The highest BCUT2D eigenvalue weighted by molar-refractivity contribution is 5.32. The molecule has 2 heterocycles. The molecule has 2 N–H and O–H groups in total. The van der Waals surface area contributed by atoms with Crippen LogP contribution in [0.5, 0.6) is 0 Å². The zero-order valence-electron chi connectivity index (χ0n) is 12.9. The standard InChI is InChI=1S/C17H24N4/c1-13(2)21-10-8-15(19-21)12-20-9-7-14-5-3-4-6-16(14)17(20)11-18/h3-6,8,10,13,17H,7,9,11-12,18H2,1-2H3. The topological polar surface area (TPSA) is 47.1 Å². The van der Waals surface area contributed by atoms with Crippen molar-refractivity contribution in [3.05, 3.63) is 53.3 Å². The fourth-order valence-electron chi connectivity index (χ4n) is 3.13. The number of nitrogens with zero attached hydrogens (tertiary/aromatic N) is 3. The van der Waals surface area contributed by atoms with Gasteiger partial charge in [0.2, 0.25) is 0 Å². The molecule has 0 spiro atoms. The lowest BCUT2D eigenvalue weighted by Gasteiger charge is -2.36. The molecule has 1 aliphatic heterocycles. The Labute approximate surface area is 126 Å². The highest BCUT2D eigenvalue weighted by Crippen LogP contribution is 2.29. The Morgan fingerprint density at radius 2 is 2.10 bits per heavy atom. The summed E-state index contributed by atoms with van der Waals surface area (Å²) in [4.78, 5) is 2.45. The molecule has 21 heavy (non-hydrogen) atoms. The third kappa shape index (κ3) is 2.87. The molecule has 4 heteroatoms. The van der Waals surface area contributed by atoms with Crippen LogP contribution in [0.3, 0.4) is 0 Å². The van der Waals surface area contributed by atoms with Gasteiger partial charge in [-0.1, -0.05) is 24.3 Å². The summed E-state index contributed by atoms with van der Waals surface area (Å²) in [6.45, 7) is 6.87. The Balaban J connectivity index is 1.79. The molecule has 0 aliphatic carbocycles. The smallest absolute Gasteiger partial charge is 0.0765 e. The van der Waals surface area contributed by atoms with Gasteiger partial charge < -0.3 is 5.73 Å². The Kier molecular flexibility index (Phi) is 4.08. The first-order chi connectivity index (χ1) is 10.2. The van der Waals surface area contributed by atoms with E-state index in [2.05, 4.69) is 60.4 Å². The molecule has 1 aromatic carbocycles. The molecule has 112 valence electrons. The second-order valence-corrected chi connectivity index (χ2v) is 6.05. The maximum atomic E-state index is 6.05. The monoisotopic (exact) mass is 284 g/mol. The number of hydrogen-bond donors (Lipinski definition) is 1. The molecule has 1 unspecified atom stereocenters. The number of nitrogens with two attached hydrogens (primary N) is 1. The van der Waals surface area contributed by atoms with Gasteiger partial charge in [0.05, 0.1) is 5.69 Å². The van der Waals surface area contributed by atoms with E-state index in [0.29, 0.717) is 18.6 Å². The van der Waals surface area contributed by atoms with E-state index in [1.165, 1.54) is 11.1 Å².